The van der Waals surface area contributed by atoms with Crippen LogP contribution in [0.3, 0.4) is 0 Å². The Morgan fingerprint density at radius 1 is 0.800 bits per heavy atom. The van der Waals surface area contributed by atoms with E-state index in [4.69, 9.17) is 0 Å². The lowest BCUT2D eigenvalue weighted by Gasteiger charge is -2.20. The van der Waals surface area contributed by atoms with E-state index in [1.807, 2.05) is 0 Å². The molecule has 0 atom stereocenters. The predicted molar refractivity (Wildman–Crippen MR) is 57.9 cm³/mol. The van der Waals surface area contributed by atoms with Crippen molar-refractivity contribution in [2.24, 2.45) is 0 Å². The van der Waals surface area contributed by atoms with E-state index in [-0.39, 0.29) is 6.42 Å². The van der Waals surface area contributed by atoms with E-state index < -0.39 is 31.9 Å². The van der Waals surface area contributed by atoms with Crippen molar-refractivity contribution in [1.82, 2.24) is 0 Å². The number of ether oxygens (including phenoxy) is 2. The van der Waals surface area contributed by atoms with Crippen molar-refractivity contribution in [1.29, 1.82) is 0 Å². The van der Waals surface area contributed by atoms with Crippen molar-refractivity contribution >= 4 is 0 Å². The Hall–Kier alpha value is -1.28. The molecule has 0 radical (unpaired) electrons. The number of rotatable bonds is 6. The Morgan fingerprint density at radius 3 is 1.65 bits per heavy atom. The third-order valence-corrected chi connectivity index (χ3v) is 2.11. The molecule has 0 heterocycles. The molecule has 1 aromatic rings. The summed E-state index contributed by atoms with van der Waals surface area (Å²) in [6.45, 7) is -3.33. The van der Waals surface area contributed by atoms with Crippen LogP contribution in [0.25, 0.3) is 0 Å². The second kappa shape index (κ2) is 6.94. The molecule has 0 saturated heterocycles. The number of benzene rings is 1. The Bertz CT molecular complexity index is 369. The van der Waals surface area contributed by atoms with Crippen molar-refractivity contribution in [3.05, 3.63) is 35.9 Å². The van der Waals surface area contributed by atoms with Gasteiger partial charge in [0.05, 0.1) is 0 Å². The van der Waals surface area contributed by atoms with Gasteiger partial charge in [0.25, 0.3) is 0 Å². The summed E-state index contributed by atoms with van der Waals surface area (Å²) < 4.78 is 80.9. The van der Waals surface area contributed by atoms with Gasteiger partial charge < -0.3 is 9.47 Å². The van der Waals surface area contributed by atoms with Gasteiger partial charge in [-0.3, -0.25) is 0 Å². The molecule has 0 aliphatic heterocycles. The highest BCUT2D eigenvalue weighted by molar-refractivity contribution is 5.15. The lowest BCUT2D eigenvalue weighted by Crippen LogP contribution is -2.30. The number of alkyl halides is 6. The fourth-order valence-electron chi connectivity index (χ4n) is 1.35. The topological polar surface area (TPSA) is 18.5 Å². The molecule has 0 bridgehead atoms. The number of hydrogen-bond acceptors (Lipinski definition) is 2. The summed E-state index contributed by atoms with van der Waals surface area (Å²) in [6, 6.07) is 8.01. The minimum atomic E-state index is -4.63. The normalized spacial score (nSPS) is 12.9. The number of hydrogen-bond donors (Lipinski definition) is 0. The molecule has 20 heavy (non-hydrogen) atoms. The molecule has 114 valence electrons. The highest BCUT2D eigenvalue weighted by Crippen LogP contribution is 2.20. The first kappa shape index (κ1) is 16.8. The molecule has 0 aliphatic carbocycles. The quantitative estimate of drug-likeness (QED) is 0.589. The summed E-state index contributed by atoms with van der Waals surface area (Å²) in [4.78, 5) is 0. The lowest BCUT2D eigenvalue weighted by molar-refractivity contribution is -0.258. The standard InChI is InChI=1S/C12H12F6O2/c13-11(14,15)7-19-10(20-8-12(16,17)18)6-9-4-2-1-3-5-9/h1-5,10H,6-8H2. The van der Waals surface area contributed by atoms with Crippen LogP contribution in [0, 0.1) is 0 Å². The van der Waals surface area contributed by atoms with E-state index in [2.05, 4.69) is 9.47 Å². The Kier molecular flexibility index (Phi) is 5.82. The van der Waals surface area contributed by atoms with Crippen LogP contribution in [0.4, 0.5) is 26.3 Å². The number of halogens is 6. The van der Waals surface area contributed by atoms with E-state index in [0.717, 1.165) is 0 Å². The van der Waals surface area contributed by atoms with E-state index in [9.17, 15) is 26.3 Å². The third-order valence-electron chi connectivity index (χ3n) is 2.11. The smallest absolute Gasteiger partial charge is 0.343 e. The summed E-state index contributed by atoms with van der Waals surface area (Å²) in [5.41, 5.74) is 0.516. The zero-order valence-corrected chi connectivity index (χ0v) is 10.2. The van der Waals surface area contributed by atoms with Gasteiger partial charge in [-0.1, -0.05) is 30.3 Å². The first-order valence-corrected chi connectivity index (χ1v) is 5.56. The largest absolute Gasteiger partial charge is 0.411 e. The lowest BCUT2D eigenvalue weighted by atomic mass is 10.1. The third kappa shape index (κ3) is 8.00. The summed E-state index contributed by atoms with van der Waals surface area (Å²) >= 11 is 0. The van der Waals surface area contributed by atoms with Gasteiger partial charge in [0.2, 0.25) is 0 Å². The minimum Gasteiger partial charge on any atom is -0.343 e. The summed E-state index contributed by atoms with van der Waals surface area (Å²) in [6.07, 6.45) is -11.1. The molecule has 0 fully saturated rings. The first-order chi connectivity index (χ1) is 9.16. The van der Waals surface area contributed by atoms with E-state index in [0.29, 0.717) is 5.56 Å². The zero-order valence-electron chi connectivity index (χ0n) is 10.2. The molecule has 1 aromatic carbocycles. The molecule has 1 rings (SSSR count). The van der Waals surface area contributed by atoms with E-state index in [1.165, 1.54) is 0 Å². The second-order valence-electron chi connectivity index (χ2n) is 3.97. The van der Waals surface area contributed by atoms with Crippen molar-refractivity contribution in [2.45, 2.75) is 25.1 Å². The molecule has 0 aliphatic rings. The van der Waals surface area contributed by atoms with Crippen LogP contribution >= 0.6 is 0 Å². The maximum Gasteiger partial charge on any atom is 0.411 e. The van der Waals surface area contributed by atoms with Crippen LogP contribution in [0.2, 0.25) is 0 Å². The van der Waals surface area contributed by atoms with Crippen LogP contribution in [0.5, 0.6) is 0 Å². The second-order valence-corrected chi connectivity index (χ2v) is 3.97. The van der Waals surface area contributed by atoms with Crippen molar-refractivity contribution in [3.63, 3.8) is 0 Å². The van der Waals surface area contributed by atoms with Gasteiger partial charge in [-0.05, 0) is 5.56 Å². The Morgan fingerprint density at radius 2 is 1.25 bits per heavy atom. The molecular formula is C12H12F6O2. The molecule has 0 N–H and O–H groups in total. The zero-order chi connectivity index (χ0) is 15.2. The van der Waals surface area contributed by atoms with Gasteiger partial charge in [0.15, 0.2) is 6.29 Å². The highest BCUT2D eigenvalue weighted by atomic mass is 19.4. The maximum absolute atomic E-state index is 12.0. The Balaban J connectivity index is 2.59. The SMILES string of the molecule is FC(F)(F)COC(Cc1ccccc1)OCC(F)(F)F. The van der Waals surface area contributed by atoms with Crippen molar-refractivity contribution in [2.75, 3.05) is 13.2 Å². The molecule has 0 spiro atoms. The van der Waals surface area contributed by atoms with Gasteiger partial charge in [-0.25, -0.2) is 0 Å². The highest BCUT2D eigenvalue weighted by Gasteiger charge is 2.32. The van der Waals surface area contributed by atoms with E-state index >= 15 is 0 Å². The average molecular weight is 302 g/mol. The summed E-state index contributed by atoms with van der Waals surface area (Å²) in [5, 5.41) is 0. The fourth-order valence-corrected chi connectivity index (χ4v) is 1.35. The summed E-state index contributed by atoms with van der Waals surface area (Å²) in [7, 11) is 0. The monoisotopic (exact) mass is 302 g/mol. The minimum absolute atomic E-state index is 0.201. The van der Waals surface area contributed by atoms with Gasteiger partial charge in [-0.15, -0.1) is 0 Å². The van der Waals surface area contributed by atoms with Crippen LogP contribution in [-0.2, 0) is 15.9 Å². The molecule has 0 aromatic heterocycles. The van der Waals surface area contributed by atoms with Crippen molar-refractivity contribution in [3.8, 4) is 0 Å². The van der Waals surface area contributed by atoms with Gasteiger partial charge in [0, 0.05) is 6.42 Å². The van der Waals surface area contributed by atoms with Crippen LogP contribution < -0.4 is 0 Å². The molecule has 0 amide bonds. The molecule has 2 nitrogen and oxygen atoms in total. The molecule has 8 heteroatoms. The average Bonchev–Trinajstić information content (AvgIpc) is 2.32. The van der Waals surface area contributed by atoms with Crippen molar-refractivity contribution < 1.29 is 35.8 Å². The maximum atomic E-state index is 12.0. The van der Waals surface area contributed by atoms with E-state index in [1.54, 1.807) is 30.3 Å². The molecule has 0 saturated carbocycles. The van der Waals surface area contributed by atoms with Crippen LogP contribution in [0.15, 0.2) is 30.3 Å². The van der Waals surface area contributed by atoms with Gasteiger partial charge in [0.1, 0.15) is 13.2 Å². The molecular weight excluding hydrogens is 290 g/mol. The Labute approximate surface area is 111 Å². The van der Waals surface area contributed by atoms with Crippen LogP contribution in [0.1, 0.15) is 5.56 Å². The summed E-state index contributed by atoms with van der Waals surface area (Å²) in [5.74, 6) is 0. The first-order valence-electron chi connectivity index (χ1n) is 5.56. The molecule has 0 unspecified atom stereocenters. The predicted octanol–water partition coefficient (Wildman–Crippen LogP) is 3.71. The van der Waals surface area contributed by atoms with Gasteiger partial charge >= 0.3 is 12.4 Å². The van der Waals surface area contributed by atoms with Gasteiger partial charge in [-0.2, -0.15) is 26.3 Å². The fraction of sp³-hybridized carbons (Fsp3) is 0.500. The van der Waals surface area contributed by atoms with Crippen LogP contribution in [-0.4, -0.2) is 31.9 Å².